The Labute approximate surface area is 40.7 Å². The number of hydrogen-bond donors (Lipinski definition) is 3. The van der Waals surface area contributed by atoms with Gasteiger partial charge in [0.2, 0.25) is 0 Å². The first kappa shape index (κ1) is 4.99. The molecule has 0 amide bonds. The number of ether oxygens (including phenoxy) is 1. The van der Waals surface area contributed by atoms with Gasteiger partial charge in [0.15, 0.2) is 0 Å². The van der Waals surface area contributed by atoms with Crippen molar-refractivity contribution in [3.63, 3.8) is 0 Å². The third kappa shape index (κ3) is 1.10. The van der Waals surface area contributed by atoms with Gasteiger partial charge in [-0.1, -0.05) is 0 Å². The van der Waals surface area contributed by atoms with Crippen LogP contribution in [0.4, 0.5) is 0 Å². The molecule has 1 rings (SSSR count). The van der Waals surface area contributed by atoms with E-state index in [2.05, 4.69) is 10.1 Å². The molecule has 0 aromatic rings. The van der Waals surface area contributed by atoms with Gasteiger partial charge in [-0.05, 0) is 0 Å². The summed E-state index contributed by atoms with van der Waals surface area (Å²) in [5, 5.41) is 19.1. The van der Waals surface area contributed by atoms with Crippen molar-refractivity contribution in [1.82, 2.24) is 5.32 Å². The first-order valence-corrected chi connectivity index (χ1v) is 2.04. The monoisotopic (exact) mass is 105 g/mol. The Morgan fingerprint density at radius 2 is 2.29 bits per heavy atom. The van der Waals surface area contributed by atoms with Gasteiger partial charge < -0.3 is 14.9 Å². The standard InChI is InChI=1S/C3H7NO3/c5-3(6)4-1-2-7-3/h4-6H,1-2H2. The average Bonchev–Trinajstić information content (AvgIpc) is 1.84. The zero-order valence-electron chi connectivity index (χ0n) is 3.72. The van der Waals surface area contributed by atoms with Crippen LogP contribution >= 0.6 is 0 Å². The maximum atomic E-state index is 8.42. The van der Waals surface area contributed by atoms with Gasteiger partial charge in [0.25, 0.3) is 0 Å². The van der Waals surface area contributed by atoms with Gasteiger partial charge in [-0.2, -0.15) is 0 Å². The fourth-order valence-corrected chi connectivity index (χ4v) is 0.458. The molecule has 0 bridgehead atoms. The van der Waals surface area contributed by atoms with Crippen molar-refractivity contribution < 1.29 is 14.9 Å². The fraction of sp³-hybridized carbons (Fsp3) is 1.00. The summed E-state index contributed by atoms with van der Waals surface area (Å²) in [6, 6.07) is 0. The van der Waals surface area contributed by atoms with Crippen LogP contribution in [0.2, 0.25) is 0 Å². The summed E-state index contributed by atoms with van der Waals surface area (Å²) < 4.78 is 4.34. The van der Waals surface area contributed by atoms with Crippen molar-refractivity contribution in [1.29, 1.82) is 0 Å². The summed E-state index contributed by atoms with van der Waals surface area (Å²) in [5.74, 6) is 0. The number of aliphatic hydroxyl groups is 2. The summed E-state index contributed by atoms with van der Waals surface area (Å²) in [5.41, 5.74) is 0. The Balaban J connectivity index is 2.40. The van der Waals surface area contributed by atoms with Crippen LogP contribution in [-0.2, 0) is 4.74 Å². The van der Waals surface area contributed by atoms with E-state index in [0.717, 1.165) is 0 Å². The Hall–Kier alpha value is -0.160. The Morgan fingerprint density at radius 1 is 1.57 bits per heavy atom. The van der Waals surface area contributed by atoms with Gasteiger partial charge in [0, 0.05) is 6.54 Å². The topological polar surface area (TPSA) is 61.7 Å². The zero-order chi connectivity index (χ0) is 5.33. The minimum Gasteiger partial charge on any atom is -0.330 e. The molecule has 1 fully saturated rings. The Kier molecular flexibility index (Phi) is 1.01. The first-order valence-electron chi connectivity index (χ1n) is 2.04. The summed E-state index contributed by atoms with van der Waals surface area (Å²) in [4.78, 5) is 0. The van der Waals surface area contributed by atoms with Gasteiger partial charge in [-0.3, -0.25) is 0 Å². The predicted octanol–water partition coefficient (Wildman–Crippen LogP) is -1.80. The van der Waals surface area contributed by atoms with E-state index >= 15 is 0 Å². The second-order valence-corrected chi connectivity index (χ2v) is 1.38. The van der Waals surface area contributed by atoms with Gasteiger partial charge >= 0.3 is 6.10 Å². The van der Waals surface area contributed by atoms with Crippen LogP contribution < -0.4 is 5.32 Å². The van der Waals surface area contributed by atoms with E-state index < -0.39 is 6.10 Å². The highest BCUT2D eigenvalue weighted by Gasteiger charge is 2.27. The fourth-order valence-electron chi connectivity index (χ4n) is 0.458. The maximum absolute atomic E-state index is 8.42. The largest absolute Gasteiger partial charge is 0.345 e. The third-order valence-electron chi connectivity index (χ3n) is 0.761. The smallest absolute Gasteiger partial charge is 0.330 e. The molecule has 0 unspecified atom stereocenters. The van der Waals surface area contributed by atoms with Crippen molar-refractivity contribution in [2.24, 2.45) is 0 Å². The quantitative estimate of drug-likeness (QED) is 0.318. The first-order chi connectivity index (χ1) is 3.21. The van der Waals surface area contributed by atoms with Crippen molar-refractivity contribution >= 4 is 0 Å². The minimum atomic E-state index is -2.06. The second kappa shape index (κ2) is 1.41. The maximum Gasteiger partial charge on any atom is 0.345 e. The van der Waals surface area contributed by atoms with Crippen LogP contribution in [0.15, 0.2) is 0 Å². The van der Waals surface area contributed by atoms with Crippen LogP contribution in [-0.4, -0.2) is 29.5 Å². The molecular weight excluding hydrogens is 98.0 g/mol. The van der Waals surface area contributed by atoms with E-state index in [0.29, 0.717) is 13.2 Å². The van der Waals surface area contributed by atoms with E-state index in [-0.39, 0.29) is 0 Å². The molecule has 0 saturated carbocycles. The molecule has 0 spiro atoms. The molecule has 4 nitrogen and oxygen atoms in total. The van der Waals surface area contributed by atoms with Gasteiger partial charge in [0.05, 0.1) is 6.61 Å². The van der Waals surface area contributed by atoms with Crippen LogP contribution in [0.5, 0.6) is 0 Å². The molecule has 42 valence electrons. The Bertz CT molecular complexity index is 64.6. The third-order valence-corrected chi connectivity index (χ3v) is 0.761. The molecule has 3 N–H and O–H groups in total. The SMILES string of the molecule is OC1(O)NCCO1. The summed E-state index contributed by atoms with van der Waals surface area (Å²) in [6.07, 6.45) is -2.06. The highest BCUT2D eigenvalue weighted by Crippen LogP contribution is 2.00. The highest BCUT2D eigenvalue weighted by molar-refractivity contribution is 4.56. The minimum absolute atomic E-state index is 0.354. The molecule has 0 aliphatic carbocycles. The van der Waals surface area contributed by atoms with Crippen molar-refractivity contribution in [2.75, 3.05) is 13.2 Å². The molecule has 1 heterocycles. The molecule has 1 aliphatic heterocycles. The number of nitrogens with one attached hydrogen (secondary N) is 1. The van der Waals surface area contributed by atoms with Crippen LogP contribution in [0.3, 0.4) is 0 Å². The summed E-state index contributed by atoms with van der Waals surface area (Å²) in [6.45, 7) is 0.847. The molecular formula is C3H7NO3. The summed E-state index contributed by atoms with van der Waals surface area (Å²) in [7, 11) is 0. The van der Waals surface area contributed by atoms with E-state index in [1.165, 1.54) is 0 Å². The lowest BCUT2D eigenvalue weighted by molar-refractivity contribution is -0.326. The molecule has 1 saturated heterocycles. The van der Waals surface area contributed by atoms with E-state index in [9.17, 15) is 0 Å². The summed E-state index contributed by atoms with van der Waals surface area (Å²) >= 11 is 0. The van der Waals surface area contributed by atoms with Crippen LogP contribution in [0.1, 0.15) is 0 Å². The second-order valence-electron chi connectivity index (χ2n) is 1.38. The molecule has 0 radical (unpaired) electrons. The van der Waals surface area contributed by atoms with Gasteiger partial charge in [0.1, 0.15) is 0 Å². The zero-order valence-corrected chi connectivity index (χ0v) is 3.72. The molecule has 4 heteroatoms. The predicted molar refractivity (Wildman–Crippen MR) is 21.1 cm³/mol. The lowest BCUT2D eigenvalue weighted by Gasteiger charge is -2.10. The van der Waals surface area contributed by atoms with Gasteiger partial charge in [-0.15, -0.1) is 0 Å². The van der Waals surface area contributed by atoms with E-state index in [1.54, 1.807) is 0 Å². The lowest BCUT2D eigenvalue weighted by atomic mass is 10.7. The Morgan fingerprint density at radius 3 is 2.43 bits per heavy atom. The van der Waals surface area contributed by atoms with Crippen LogP contribution in [0, 0.1) is 0 Å². The van der Waals surface area contributed by atoms with Crippen LogP contribution in [0.25, 0.3) is 0 Å². The highest BCUT2D eigenvalue weighted by atomic mass is 16.8. The van der Waals surface area contributed by atoms with E-state index in [1.807, 2.05) is 0 Å². The molecule has 0 aromatic heterocycles. The molecule has 0 aromatic carbocycles. The van der Waals surface area contributed by atoms with Crippen molar-refractivity contribution in [3.8, 4) is 0 Å². The van der Waals surface area contributed by atoms with Gasteiger partial charge in [-0.25, -0.2) is 5.32 Å². The van der Waals surface area contributed by atoms with Crippen molar-refractivity contribution in [3.05, 3.63) is 0 Å². The molecule has 0 atom stereocenters. The molecule has 7 heavy (non-hydrogen) atoms. The lowest BCUT2D eigenvalue weighted by Crippen LogP contribution is -2.40. The number of hydrogen-bond acceptors (Lipinski definition) is 4. The van der Waals surface area contributed by atoms with E-state index in [4.69, 9.17) is 10.2 Å². The average molecular weight is 105 g/mol. The normalized spacial score (nSPS) is 28.3. The molecule has 1 aliphatic rings. The number of rotatable bonds is 0. The van der Waals surface area contributed by atoms with Crippen molar-refractivity contribution in [2.45, 2.75) is 6.10 Å².